The molecular formula is C20H26N8O. The van der Waals surface area contributed by atoms with E-state index < -0.39 is 0 Å². The number of likely N-dealkylation sites (tertiary alicyclic amines) is 1. The van der Waals surface area contributed by atoms with Crippen LogP contribution >= 0.6 is 0 Å². The third-order valence-corrected chi connectivity index (χ3v) is 6.11. The zero-order chi connectivity index (χ0) is 19.8. The van der Waals surface area contributed by atoms with Gasteiger partial charge in [-0.25, -0.2) is 4.98 Å². The molecule has 2 aliphatic heterocycles. The number of aryl methyl sites for hydroxylation is 1. The van der Waals surface area contributed by atoms with E-state index in [-0.39, 0.29) is 5.56 Å². The highest BCUT2D eigenvalue weighted by molar-refractivity contribution is 5.46. The van der Waals surface area contributed by atoms with E-state index in [1.807, 2.05) is 10.6 Å². The molecule has 0 amide bonds. The Morgan fingerprint density at radius 3 is 2.66 bits per heavy atom. The van der Waals surface area contributed by atoms with Gasteiger partial charge in [-0.3, -0.25) is 9.69 Å². The van der Waals surface area contributed by atoms with Crippen molar-refractivity contribution in [2.75, 3.05) is 31.1 Å². The molecule has 0 bridgehead atoms. The van der Waals surface area contributed by atoms with Gasteiger partial charge >= 0.3 is 0 Å². The predicted molar refractivity (Wildman–Crippen MR) is 109 cm³/mol. The fourth-order valence-corrected chi connectivity index (χ4v) is 4.42. The molecule has 0 saturated carbocycles. The van der Waals surface area contributed by atoms with E-state index >= 15 is 0 Å². The molecule has 0 radical (unpaired) electrons. The van der Waals surface area contributed by atoms with Gasteiger partial charge in [-0.15, -0.1) is 15.3 Å². The van der Waals surface area contributed by atoms with E-state index in [0.717, 1.165) is 61.9 Å². The van der Waals surface area contributed by atoms with Gasteiger partial charge in [0.05, 0.1) is 6.33 Å². The third kappa shape index (κ3) is 3.50. The van der Waals surface area contributed by atoms with E-state index in [0.29, 0.717) is 12.5 Å². The van der Waals surface area contributed by atoms with E-state index in [1.54, 1.807) is 19.6 Å². The molecule has 0 aliphatic carbocycles. The highest BCUT2D eigenvalue weighted by atomic mass is 16.1. The Labute approximate surface area is 169 Å². The summed E-state index contributed by atoms with van der Waals surface area (Å²) in [5, 5.41) is 13.7. The van der Waals surface area contributed by atoms with Gasteiger partial charge < -0.3 is 9.47 Å². The molecule has 2 fully saturated rings. The quantitative estimate of drug-likeness (QED) is 0.657. The maximum absolute atomic E-state index is 12.2. The van der Waals surface area contributed by atoms with Gasteiger partial charge in [-0.05, 0) is 50.9 Å². The number of anilines is 1. The number of hydrogen-bond donors (Lipinski definition) is 0. The fourth-order valence-electron chi connectivity index (χ4n) is 4.42. The molecule has 9 heteroatoms. The number of piperidine rings is 1. The van der Waals surface area contributed by atoms with E-state index in [4.69, 9.17) is 5.10 Å². The Bertz CT molecular complexity index is 1060. The standard InChI is InChI=1S/C20H26N8O/c1-25-14-21-12-16(20(25)29)13-26-10-6-15(7-11-26)19-23-22-17-4-5-18(24-28(17)19)27-8-2-3-9-27/h4-5,12,14-15H,2-3,6-11,13H2,1H3. The van der Waals surface area contributed by atoms with Crippen molar-refractivity contribution in [2.24, 2.45) is 7.05 Å². The van der Waals surface area contributed by atoms with E-state index in [1.165, 1.54) is 17.4 Å². The summed E-state index contributed by atoms with van der Waals surface area (Å²) in [6.45, 7) is 4.63. The van der Waals surface area contributed by atoms with Crippen LogP contribution in [0.1, 0.15) is 43.0 Å². The minimum absolute atomic E-state index is 0.0317. The first-order valence-electron chi connectivity index (χ1n) is 10.4. The Morgan fingerprint density at radius 2 is 1.86 bits per heavy atom. The molecule has 3 aromatic rings. The van der Waals surface area contributed by atoms with Gasteiger partial charge in [-0.2, -0.15) is 4.52 Å². The first kappa shape index (κ1) is 18.2. The second kappa shape index (κ2) is 7.55. The molecule has 2 aliphatic rings. The molecule has 0 atom stereocenters. The SMILES string of the molecule is Cn1cncc(CN2CCC(c3nnc4ccc(N5CCCC5)nn34)CC2)c1=O. The first-order chi connectivity index (χ1) is 14.2. The third-order valence-electron chi connectivity index (χ3n) is 6.11. The predicted octanol–water partition coefficient (Wildman–Crippen LogP) is 1.20. The van der Waals surface area contributed by atoms with Crippen molar-refractivity contribution in [2.45, 2.75) is 38.1 Å². The Balaban J connectivity index is 1.30. The lowest BCUT2D eigenvalue weighted by atomic mass is 9.96. The van der Waals surface area contributed by atoms with E-state index in [2.05, 4.69) is 31.0 Å². The van der Waals surface area contributed by atoms with Crippen LogP contribution in [0.2, 0.25) is 0 Å². The van der Waals surface area contributed by atoms with Crippen LogP contribution in [0.15, 0.2) is 29.5 Å². The summed E-state index contributed by atoms with van der Waals surface area (Å²) in [7, 11) is 1.74. The van der Waals surface area contributed by atoms with Crippen molar-refractivity contribution in [1.29, 1.82) is 0 Å². The summed E-state index contributed by atoms with van der Waals surface area (Å²) in [5.41, 5.74) is 1.59. The second-order valence-corrected chi connectivity index (χ2v) is 8.10. The maximum Gasteiger partial charge on any atom is 0.257 e. The molecule has 5 heterocycles. The molecule has 9 nitrogen and oxygen atoms in total. The van der Waals surface area contributed by atoms with Crippen LogP contribution in [0.4, 0.5) is 5.82 Å². The van der Waals surface area contributed by atoms with Crippen molar-refractivity contribution >= 4 is 11.5 Å². The fraction of sp³-hybridized carbons (Fsp3) is 0.550. The second-order valence-electron chi connectivity index (χ2n) is 8.10. The Hall–Kier alpha value is -2.81. The molecule has 3 aromatic heterocycles. The van der Waals surface area contributed by atoms with Crippen molar-refractivity contribution < 1.29 is 0 Å². The van der Waals surface area contributed by atoms with Gasteiger partial charge in [-0.1, -0.05) is 0 Å². The average molecular weight is 394 g/mol. The molecule has 2 saturated heterocycles. The van der Waals surface area contributed by atoms with Crippen LogP contribution in [0, 0.1) is 0 Å². The molecular weight excluding hydrogens is 368 g/mol. The van der Waals surface area contributed by atoms with Crippen LogP contribution in [-0.2, 0) is 13.6 Å². The van der Waals surface area contributed by atoms with Crippen molar-refractivity contribution in [3.63, 3.8) is 0 Å². The Kier molecular flexibility index (Phi) is 4.75. The zero-order valence-corrected chi connectivity index (χ0v) is 16.7. The summed E-state index contributed by atoms with van der Waals surface area (Å²) in [5.74, 6) is 2.30. The van der Waals surface area contributed by atoms with Gasteiger partial charge in [0.25, 0.3) is 5.56 Å². The highest BCUT2D eigenvalue weighted by Crippen LogP contribution is 2.28. The minimum atomic E-state index is 0.0317. The maximum atomic E-state index is 12.2. The lowest BCUT2D eigenvalue weighted by molar-refractivity contribution is 0.199. The molecule has 0 aromatic carbocycles. The van der Waals surface area contributed by atoms with Gasteiger partial charge in [0.1, 0.15) is 5.82 Å². The van der Waals surface area contributed by atoms with Gasteiger partial charge in [0.15, 0.2) is 11.5 Å². The Morgan fingerprint density at radius 1 is 1.07 bits per heavy atom. The first-order valence-corrected chi connectivity index (χ1v) is 10.4. The summed E-state index contributed by atoms with van der Waals surface area (Å²) < 4.78 is 3.47. The molecule has 29 heavy (non-hydrogen) atoms. The van der Waals surface area contributed by atoms with Gasteiger partial charge in [0.2, 0.25) is 0 Å². The topological polar surface area (TPSA) is 84.5 Å². The lowest BCUT2D eigenvalue weighted by Crippen LogP contribution is -2.35. The number of nitrogens with zero attached hydrogens (tertiary/aromatic N) is 8. The van der Waals surface area contributed by atoms with Crippen LogP contribution in [0.25, 0.3) is 5.65 Å². The largest absolute Gasteiger partial charge is 0.355 e. The monoisotopic (exact) mass is 394 g/mol. The number of hydrogen-bond acceptors (Lipinski definition) is 7. The summed E-state index contributed by atoms with van der Waals surface area (Å²) in [6.07, 6.45) is 7.66. The molecule has 152 valence electrons. The molecule has 0 spiro atoms. The van der Waals surface area contributed by atoms with Gasteiger partial charge in [0, 0.05) is 44.4 Å². The van der Waals surface area contributed by atoms with Crippen molar-refractivity contribution in [3.8, 4) is 0 Å². The van der Waals surface area contributed by atoms with E-state index in [9.17, 15) is 4.79 Å². The van der Waals surface area contributed by atoms with Crippen LogP contribution in [0.5, 0.6) is 0 Å². The average Bonchev–Trinajstić information content (AvgIpc) is 3.42. The number of fused-ring (bicyclic) bond motifs is 1. The highest BCUT2D eigenvalue weighted by Gasteiger charge is 2.26. The smallest absolute Gasteiger partial charge is 0.257 e. The molecule has 0 unspecified atom stereocenters. The van der Waals surface area contributed by atoms with Crippen molar-refractivity contribution in [3.05, 3.63) is 46.4 Å². The lowest BCUT2D eigenvalue weighted by Gasteiger charge is -2.30. The molecule has 5 rings (SSSR count). The molecule has 0 N–H and O–H groups in total. The minimum Gasteiger partial charge on any atom is -0.355 e. The summed E-state index contributed by atoms with van der Waals surface area (Å²) in [4.78, 5) is 21.0. The summed E-state index contributed by atoms with van der Waals surface area (Å²) >= 11 is 0. The summed E-state index contributed by atoms with van der Waals surface area (Å²) in [6, 6.07) is 4.07. The number of rotatable bonds is 4. The number of aromatic nitrogens is 6. The van der Waals surface area contributed by atoms with Crippen LogP contribution < -0.4 is 10.5 Å². The van der Waals surface area contributed by atoms with Crippen LogP contribution in [0.3, 0.4) is 0 Å². The van der Waals surface area contributed by atoms with Crippen molar-refractivity contribution in [1.82, 2.24) is 34.3 Å². The zero-order valence-electron chi connectivity index (χ0n) is 16.7. The van der Waals surface area contributed by atoms with Crippen LogP contribution in [-0.4, -0.2) is 60.4 Å². The normalized spacial score (nSPS) is 18.7.